The molecule has 2 rings (SSSR count). The monoisotopic (exact) mass is 318 g/mol. The molecule has 0 saturated carbocycles. The Morgan fingerprint density at radius 1 is 1.19 bits per heavy atom. The molecule has 0 fully saturated rings. The highest BCUT2D eigenvalue weighted by molar-refractivity contribution is 7.90. The van der Waals surface area contributed by atoms with Gasteiger partial charge in [0.1, 0.15) is 15.7 Å². The summed E-state index contributed by atoms with van der Waals surface area (Å²) in [5.41, 5.74) is -0.234. The molecule has 0 radical (unpaired) electrons. The van der Waals surface area contributed by atoms with Crippen molar-refractivity contribution in [3.05, 3.63) is 42.2 Å². The van der Waals surface area contributed by atoms with Crippen LogP contribution in [0.3, 0.4) is 0 Å². The van der Waals surface area contributed by atoms with Gasteiger partial charge in [0.25, 0.3) is 0 Å². The fourth-order valence-corrected chi connectivity index (χ4v) is 2.35. The second-order valence-electron chi connectivity index (χ2n) is 4.65. The summed E-state index contributed by atoms with van der Waals surface area (Å²) in [7, 11) is -3.12. The van der Waals surface area contributed by atoms with Gasteiger partial charge in [-0.3, -0.25) is 0 Å². The van der Waals surface area contributed by atoms with Gasteiger partial charge in [0, 0.05) is 30.8 Å². The van der Waals surface area contributed by atoms with Gasteiger partial charge < -0.3 is 4.57 Å². The number of rotatable bonds is 4. The van der Waals surface area contributed by atoms with Crippen LogP contribution in [-0.4, -0.2) is 30.0 Å². The minimum absolute atomic E-state index is 0.0585. The van der Waals surface area contributed by atoms with Gasteiger partial charge >= 0.3 is 6.18 Å². The summed E-state index contributed by atoms with van der Waals surface area (Å²) in [6, 6.07) is 4.60. The highest BCUT2D eigenvalue weighted by Gasteiger charge is 2.30. The second kappa shape index (κ2) is 5.51. The first-order chi connectivity index (χ1) is 9.67. The summed E-state index contributed by atoms with van der Waals surface area (Å²) in [5.74, 6) is 0.379. The first-order valence-electron chi connectivity index (χ1n) is 6.03. The van der Waals surface area contributed by atoms with Gasteiger partial charge in [-0.1, -0.05) is 12.1 Å². The van der Waals surface area contributed by atoms with Crippen LogP contribution in [0.5, 0.6) is 0 Å². The van der Waals surface area contributed by atoms with Crippen molar-refractivity contribution in [3.63, 3.8) is 0 Å². The standard InChI is InChI=1S/C13H13F3N2O2S/c1-21(19,20)9-8-18-7-6-17-12(18)10-2-4-11(5-3-10)13(14,15)16/h2-7H,8-9H2,1H3. The predicted octanol–water partition coefficient (Wildman–Crippen LogP) is 2.61. The van der Waals surface area contributed by atoms with E-state index in [2.05, 4.69) is 4.98 Å². The molecule has 114 valence electrons. The van der Waals surface area contributed by atoms with Crippen molar-refractivity contribution in [2.45, 2.75) is 12.7 Å². The summed E-state index contributed by atoms with van der Waals surface area (Å²) in [6.45, 7) is 0.204. The van der Waals surface area contributed by atoms with Gasteiger partial charge in [-0.2, -0.15) is 13.2 Å². The number of aromatic nitrogens is 2. The quantitative estimate of drug-likeness (QED) is 0.871. The maximum Gasteiger partial charge on any atom is 0.416 e. The van der Waals surface area contributed by atoms with Crippen molar-refractivity contribution in [1.82, 2.24) is 9.55 Å². The lowest BCUT2D eigenvalue weighted by Crippen LogP contribution is -2.11. The van der Waals surface area contributed by atoms with E-state index in [-0.39, 0.29) is 12.3 Å². The maximum atomic E-state index is 12.5. The molecule has 1 aromatic carbocycles. The molecule has 0 spiro atoms. The van der Waals surface area contributed by atoms with E-state index < -0.39 is 21.6 Å². The van der Waals surface area contributed by atoms with Crippen LogP contribution in [0.4, 0.5) is 13.2 Å². The normalized spacial score (nSPS) is 12.6. The summed E-state index contributed by atoms with van der Waals surface area (Å²) in [6.07, 6.45) is -0.181. The third kappa shape index (κ3) is 4.07. The molecule has 0 aliphatic rings. The summed E-state index contributed by atoms with van der Waals surface area (Å²) in [4.78, 5) is 4.07. The van der Waals surface area contributed by atoms with E-state index in [9.17, 15) is 21.6 Å². The molecule has 21 heavy (non-hydrogen) atoms. The molecule has 4 nitrogen and oxygen atoms in total. The Morgan fingerprint density at radius 2 is 1.81 bits per heavy atom. The molecule has 1 aromatic heterocycles. The van der Waals surface area contributed by atoms with Crippen LogP contribution in [-0.2, 0) is 22.6 Å². The van der Waals surface area contributed by atoms with Gasteiger partial charge in [-0.05, 0) is 12.1 Å². The molecule has 0 N–H and O–H groups in total. The number of hydrogen-bond donors (Lipinski definition) is 0. The maximum absolute atomic E-state index is 12.5. The number of benzene rings is 1. The topological polar surface area (TPSA) is 52.0 Å². The van der Waals surface area contributed by atoms with E-state index in [4.69, 9.17) is 0 Å². The van der Waals surface area contributed by atoms with E-state index in [0.29, 0.717) is 11.4 Å². The number of nitrogens with zero attached hydrogens (tertiary/aromatic N) is 2. The van der Waals surface area contributed by atoms with Crippen LogP contribution in [0.1, 0.15) is 5.56 Å². The summed E-state index contributed by atoms with van der Waals surface area (Å²) in [5, 5.41) is 0. The first-order valence-corrected chi connectivity index (χ1v) is 8.09. The van der Waals surface area contributed by atoms with Crippen LogP contribution < -0.4 is 0 Å². The lowest BCUT2D eigenvalue weighted by atomic mass is 10.1. The molecule has 0 amide bonds. The van der Waals surface area contributed by atoms with Gasteiger partial charge in [-0.25, -0.2) is 13.4 Å². The Labute approximate surface area is 120 Å². The number of alkyl halides is 3. The average molecular weight is 318 g/mol. The smallest absolute Gasteiger partial charge is 0.330 e. The van der Waals surface area contributed by atoms with Crippen molar-refractivity contribution in [1.29, 1.82) is 0 Å². The molecule has 0 unspecified atom stereocenters. The van der Waals surface area contributed by atoms with Crippen LogP contribution >= 0.6 is 0 Å². The third-order valence-electron chi connectivity index (χ3n) is 2.89. The molecular weight excluding hydrogens is 305 g/mol. The fourth-order valence-electron chi connectivity index (χ4n) is 1.82. The van der Waals surface area contributed by atoms with Crippen molar-refractivity contribution >= 4 is 9.84 Å². The van der Waals surface area contributed by atoms with E-state index in [1.165, 1.54) is 18.3 Å². The Bertz CT molecular complexity index is 719. The largest absolute Gasteiger partial charge is 0.416 e. The van der Waals surface area contributed by atoms with E-state index >= 15 is 0 Å². The molecule has 0 bridgehead atoms. The van der Waals surface area contributed by atoms with Crippen LogP contribution in [0, 0.1) is 0 Å². The minimum Gasteiger partial charge on any atom is -0.330 e. The van der Waals surface area contributed by atoms with Crippen LogP contribution in [0.15, 0.2) is 36.7 Å². The van der Waals surface area contributed by atoms with Crippen LogP contribution in [0.2, 0.25) is 0 Å². The Morgan fingerprint density at radius 3 is 2.33 bits per heavy atom. The highest BCUT2D eigenvalue weighted by atomic mass is 32.2. The second-order valence-corrected chi connectivity index (χ2v) is 6.91. The molecule has 2 aromatic rings. The molecule has 0 aliphatic carbocycles. The molecular formula is C13H13F3N2O2S. The first kappa shape index (κ1) is 15.6. The van der Waals surface area contributed by atoms with Gasteiger partial charge in [0.05, 0.1) is 11.3 Å². The van der Waals surface area contributed by atoms with Crippen molar-refractivity contribution in [2.24, 2.45) is 0 Å². The number of sulfone groups is 1. The number of hydrogen-bond acceptors (Lipinski definition) is 3. The molecule has 0 saturated heterocycles. The number of aryl methyl sites for hydroxylation is 1. The van der Waals surface area contributed by atoms with E-state index in [1.54, 1.807) is 10.8 Å². The van der Waals surface area contributed by atoms with E-state index in [0.717, 1.165) is 18.4 Å². The zero-order valence-electron chi connectivity index (χ0n) is 11.1. The number of imidazole rings is 1. The SMILES string of the molecule is CS(=O)(=O)CCn1ccnc1-c1ccc(C(F)(F)F)cc1. The molecule has 1 heterocycles. The Hall–Kier alpha value is -1.83. The Kier molecular flexibility index (Phi) is 4.08. The fraction of sp³-hybridized carbons (Fsp3) is 0.308. The van der Waals surface area contributed by atoms with Gasteiger partial charge in [0.2, 0.25) is 0 Å². The van der Waals surface area contributed by atoms with Crippen molar-refractivity contribution in [2.75, 3.05) is 12.0 Å². The van der Waals surface area contributed by atoms with Crippen LogP contribution in [0.25, 0.3) is 11.4 Å². The summed E-state index contributed by atoms with van der Waals surface area (Å²) >= 11 is 0. The van der Waals surface area contributed by atoms with Crippen molar-refractivity contribution < 1.29 is 21.6 Å². The lowest BCUT2D eigenvalue weighted by Gasteiger charge is -2.09. The predicted molar refractivity (Wildman–Crippen MR) is 72.4 cm³/mol. The summed E-state index contributed by atoms with van der Waals surface area (Å²) < 4.78 is 61.5. The van der Waals surface area contributed by atoms with Crippen molar-refractivity contribution in [3.8, 4) is 11.4 Å². The molecule has 0 aliphatic heterocycles. The highest BCUT2D eigenvalue weighted by Crippen LogP contribution is 2.30. The molecule has 0 atom stereocenters. The average Bonchev–Trinajstić information content (AvgIpc) is 2.83. The zero-order chi connectivity index (χ0) is 15.7. The van der Waals surface area contributed by atoms with Gasteiger partial charge in [-0.15, -0.1) is 0 Å². The third-order valence-corrected chi connectivity index (χ3v) is 3.81. The molecule has 8 heteroatoms. The van der Waals surface area contributed by atoms with Gasteiger partial charge in [0.15, 0.2) is 0 Å². The lowest BCUT2D eigenvalue weighted by molar-refractivity contribution is -0.137. The van der Waals surface area contributed by atoms with E-state index in [1.807, 2.05) is 0 Å². The minimum atomic E-state index is -4.38. The zero-order valence-corrected chi connectivity index (χ0v) is 11.9. The number of halogens is 3. The Balaban J connectivity index is 2.25.